The normalized spacial score (nSPS) is 13.8. The van der Waals surface area contributed by atoms with Gasteiger partial charge >= 0.3 is 0 Å². The molecule has 1 unspecified atom stereocenters. The Balaban J connectivity index is 2.04. The van der Waals surface area contributed by atoms with Crippen LogP contribution in [0.5, 0.6) is 0 Å². The number of rotatable bonds is 6. The van der Waals surface area contributed by atoms with E-state index >= 15 is 0 Å². The van der Waals surface area contributed by atoms with E-state index in [1.807, 2.05) is 20.8 Å². The van der Waals surface area contributed by atoms with E-state index in [0.717, 1.165) is 0 Å². The minimum Gasteiger partial charge on any atom is -0.444 e. The molecule has 1 aromatic carbocycles. The molecule has 3 N–H and O–H groups in total. The summed E-state index contributed by atoms with van der Waals surface area (Å²) in [5, 5.41) is 2.95. The highest BCUT2D eigenvalue weighted by Gasteiger charge is 2.28. The van der Waals surface area contributed by atoms with E-state index in [-0.39, 0.29) is 24.1 Å². The van der Waals surface area contributed by atoms with E-state index in [9.17, 15) is 9.18 Å². The maximum Gasteiger partial charge on any atom is 0.226 e. The number of benzene rings is 1. The van der Waals surface area contributed by atoms with Gasteiger partial charge in [-0.05, 0) is 37.1 Å². The van der Waals surface area contributed by atoms with Gasteiger partial charge < -0.3 is 15.5 Å². The lowest BCUT2D eigenvalue weighted by atomic mass is 9.88. The van der Waals surface area contributed by atoms with Crippen LogP contribution in [0.4, 0.5) is 4.39 Å². The Morgan fingerprint density at radius 2 is 2.04 bits per heavy atom. The largest absolute Gasteiger partial charge is 0.444 e. The summed E-state index contributed by atoms with van der Waals surface area (Å²) in [7, 11) is 0. The average Bonchev–Trinajstić information content (AvgIpc) is 2.95. The number of carbonyl (C=O) groups is 1. The topological polar surface area (TPSA) is 81.1 Å². The third-order valence-corrected chi connectivity index (χ3v) is 4.11. The first-order valence-corrected chi connectivity index (χ1v) is 7.55. The number of hydrogen-bond donors (Lipinski definition) is 2. The van der Waals surface area contributed by atoms with Gasteiger partial charge in [0.1, 0.15) is 12.1 Å². The van der Waals surface area contributed by atoms with Gasteiger partial charge in [-0.2, -0.15) is 0 Å². The lowest BCUT2D eigenvalue weighted by molar-refractivity contribution is -0.122. The Hall–Kier alpha value is -2.21. The fraction of sp³-hybridized carbons (Fsp3) is 0.412. The van der Waals surface area contributed by atoms with Crippen molar-refractivity contribution in [1.29, 1.82) is 0 Å². The maximum absolute atomic E-state index is 12.9. The molecule has 1 aromatic heterocycles. The molecule has 6 heteroatoms. The number of aromatic nitrogens is 1. The van der Waals surface area contributed by atoms with Gasteiger partial charge in [0.2, 0.25) is 11.8 Å². The van der Waals surface area contributed by atoms with Gasteiger partial charge in [0.25, 0.3) is 0 Å². The molecule has 0 saturated carbocycles. The van der Waals surface area contributed by atoms with E-state index in [1.165, 1.54) is 18.4 Å². The van der Waals surface area contributed by atoms with Crippen molar-refractivity contribution >= 4 is 5.91 Å². The van der Waals surface area contributed by atoms with Crippen LogP contribution in [0.2, 0.25) is 0 Å². The molecular weight excluding hydrogens is 297 g/mol. The van der Waals surface area contributed by atoms with Gasteiger partial charge in [0.15, 0.2) is 0 Å². The van der Waals surface area contributed by atoms with Crippen LogP contribution < -0.4 is 11.1 Å². The highest BCUT2D eigenvalue weighted by molar-refractivity contribution is 5.79. The first-order chi connectivity index (χ1) is 10.8. The van der Waals surface area contributed by atoms with E-state index in [1.54, 1.807) is 12.1 Å². The van der Waals surface area contributed by atoms with Gasteiger partial charge in [-0.3, -0.25) is 4.79 Å². The molecule has 2 aromatic rings. The predicted molar refractivity (Wildman–Crippen MR) is 86.0 cm³/mol. The zero-order valence-corrected chi connectivity index (χ0v) is 13.6. The minimum atomic E-state index is -0.458. The standard InChI is InChI=1S/C17H22FN3O2/c1-11(2)17(3,10-19)21-15(22)8-14-9-23-16(20-14)12-4-6-13(18)7-5-12/h4-7,9,11H,8,10,19H2,1-3H3,(H,21,22). The SMILES string of the molecule is CC(C)C(C)(CN)NC(=O)Cc1coc(-c2ccc(F)cc2)n1. The van der Waals surface area contributed by atoms with Gasteiger partial charge in [0, 0.05) is 12.1 Å². The van der Waals surface area contributed by atoms with Gasteiger partial charge in [-0.15, -0.1) is 0 Å². The van der Waals surface area contributed by atoms with Gasteiger partial charge in [-0.1, -0.05) is 13.8 Å². The molecule has 1 amide bonds. The summed E-state index contributed by atoms with van der Waals surface area (Å²) >= 11 is 0. The van der Waals surface area contributed by atoms with Crippen LogP contribution in [-0.4, -0.2) is 23.0 Å². The van der Waals surface area contributed by atoms with Crippen LogP contribution in [-0.2, 0) is 11.2 Å². The van der Waals surface area contributed by atoms with Crippen molar-refractivity contribution in [2.75, 3.05) is 6.54 Å². The Morgan fingerprint density at radius 1 is 1.39 bits per heavy atom. The number of nitrogens with zero attached hydrogens (tertiary/aromatic N) is 1. The molecule has 1 heterocycles. The molecule has 23 heavy (non-hydrogen) atoms. The summed E-state index contributed by atoms with van der Waals surface area (Å²) in [5.41, 5.74) is 6.48. The van der Waals surface area contributed by atoms with E-state index in [4.69, 9.17) is 10.2 Å². The number of oxazole rings is 1. The third kappa shape index (κ3) is 4.16. The van der Waals surface area contributed by atoms with Gasteiger partial charge in [0.05, 0.1) is 17.7 Å². The van der Waals surface area contributed by atoms with Crippen molar-refractivity contribution in [2.45, 2.75) is 32.7 Å². The molecule has 0 saturated heterocycles. The summed E-state index contributed by atoms with van der Waals surface area (Å²) in [5.74, 6) is 0.0852. The molecule has 0 bridgehead atoms. The van der Waals surface area contributed by atoms with Crippen LogP contribution in [0.1, 0.15) is 26.5 Å². The summed E-state index contributed by atoms with van der Waals surface area (Å²) < 4.78 is 18.3. The smallest absolute Gasteiger partial charge is 0.226 e. The fourth-order valence-electron chi connectivity index (χ4n) is 2.07. The summed E-state index contributed by atoms with van der Waals surface area (Å²) in [6.07, 6.45) is 1.54. The van der Waals surface area contributed by atoms with Crippen LogP contribution in [0.25, 0.3) is 11.5 Å². The number of nitrogens with two attached hydrogens (primary N) is 1. The molecule has 0 fully saturated rings. The second-order valence-electron chi connectivity index (χ2n) is 6.15. The highest BCUT2D eigenvalue weighted by Crippen LogP contribution is 2.20. The Bertz CT molecular complexity index is 667. The third-order valence-electron chi connectivity index (χ3n) is 4.11. The van der Waals surface area contributed by atoms with Crippen molar-refractivity contribution in [1.82, 2.24) is 10.3 Å². The number of carbonyl (C=O) groups excluding carboxylic acids is 1. The fourth-order valence-corrected chi connectivity index (χ4v) is 2.07. The van der Waals surface area contributed by atoms with Crippen LogP contribution >= 0.6 is 0 Å². The molecule has 5 nitrogen and oxygen atoms in total. The molecule has 124 valence electrons. The lowest BCUT2D eigenvalue weighted by Gasteiger charge is -2.33. The molecule has 1 atom stereocenters. The summed E-state index contributed by atoms with van der Waals surface area (Å²) in [6.45, 7) is 6.30. The highest BCUT2D eigenvalue weighted by atomic mass is 19.1. The molecule has 2 rings (SSSR count). The van der Waals surface area contributed by atoms with Crippen LogP contribution in [0.15, 0.2) is 34.9 Å². The molecule has 0 aliphatic heterocycles. The first kappa shape index (κ1) is 17.1. The quantitative estimate of drug-likeness (QED) is 0.857. The van der Waals surface area contributed by atoms with Crippen molar-refractivity contribution in [3.63, 3.8) is 0 Å². The molecule has 0 aliphatic rings. The summed E-state index contributed by atoms with van der Waals surface area (Å²) in [4.78, 5) is 16.5. The number of nitrogens with one attached hydrogen (secondary N) is 1. The Morgan fingerprint density at radius 3 is 2.61 bits per heavy atom. The zero-order chi connectivity index (χ0) is 17.0. The second-order valence-corrected chi connectivity index (χ2v) is 6.15. The minimum absolute atomic E-state index is 0.104. The van der Waals surface area contributed by atoms with Crippen molar-refractivity contribution < 1.29 is 13.6 Å². The average molecular weight is 319 g/mol. The van der Waals surface area contributed by atoms with Gasteiger partial charge in [-0.25, -0.2) is 9.37 Å². The molecule has 0 radical (unpaired) electrons. The van der Waals surface area contributed by atoms with E-state index in [0.29, 0.717) is 23.7 Å². The van der Waals surface area contributed by atoms with Crippen molar-refractivity contribution in [2.24, 2.45) is 11.7 Å². The predicted octanol–water partition coefficient (Wildman–Crippen LogP) is 2.51. The van der Waals surface area contributed by atoms with E-state index < -0.39 is 5.54 Å². The zero-order valence-electron chi connectivity index (χ0n) is 13.6. The molecule has 0 aliphatic carbocycles. The van der Waals surface area contributed by atoms with Crippen molar-refractivity contribution in [3.8, 4) is 11.5 Å². The monoisotopic (exact) mass is 319 g/mol. The Kier molecular flexibility index (Phi) is 5.15. The lowest BCUT2D eigenvalue weighted by Crippen LogP contribution is -2.55. The first-order valence-electron chi connectivity index (χ1n) is 7.55. The molecule has 0 spiro atoms. The number of hydrogen-bond acceptors (Lipinski definition) is 4. The second kappa shape index (κ2) is 6.91. The number of amides is 1. The Labute approximate surface area is 135 Å². The number of halogens is 1. The van der Waals surface area contributed by atoms with Crippen molar-refractivity contribution in [3.05, 3.63) is 42.0 Å². The summed E-state index contributed by atoms with van der Waals surface area (Å²) in [6, 6.07) is 5.83. The maximum atomic E-state index is 12.9. The van der Waals surface area contributed by atoms with E-state index in [2.05, 4.69) is 10.3 Å². The van der Waals surface area contributed by atoms with Crippen LogP contribution in [0.3, 0.4) is 0 Å². The van der Waals surface area contributed by atoms with Crippen LogP contribution in [0, 0.1) is 11.7 Å². The molecular formula is C17H22FN3O2.